The maximum absolute atomic E-state index is 13.8. The summed E-state index contributed by atoms with van der Waals surface area (Å²) in [7, 11) is 0. The Morgan fingerprint density at radius 2 is 1.52 bits per heavy atom. The van der Waals surface area contributed by atoms with E-state index in [-0.39, 0.29) is 24.1 Å². The number of ether oxygens (including phenoxy) is 1. The van der Waals surface area contributed by atoms with Crippen LogP contribution in [-0.2, 0) is 21.9 Å². The molecule has 0 spiro atoms. The van der Waals surface area contributed by atoms with Crippen LogP contribution in [0.5, 0.6) is 0 Å². The second-order valence-corrected chi connectivity index (χ2v) is 10.4. The average molecular weight is 589 g/mol. The number of amides is 1. The summed E-state index contributed by atoms with van der Waals surface area (Å²) in [6.07, 6.45) is -10.2. The van der Waals surface area contributed by atoms with Gasteiger partial charge in [-0.2, -0.15) is 31.6 Å². The van der Waals surface area contributed by atoms with Gasteiger partial charge in [-0.05, 0) is 78.1 Å². The first-order valence-corrected chi connectivity index (χ1v) is 13.0. The maximum atomic E-state index is 13.8. The number of nitriles is 1. The van der Waals surface area contributed by atoms with Gasteiger partial charge in [0.1, 0.15) is 5.82 Å². The number of carbonyl (C=O) groups excluding carboxylic acids is 1. The Morgan fingerprint density at radius 1 is 0.929 bits per heavy atom. The molecule has 0 aromatic heterocycles. The quantitative estimate of drug-likeness (QED) is 0.288. The zero-order valence-electron chi connectivity index (χ0n) is 22.0. The molecule has 218 valence electrons. The molecule has 4 atom stereocenters. The summed E-state index contributed by atoms with van der Waals surface area (Å²) in [5.74, 6) is -1.40. The van der Waals surface area contributed by atoms with Crippen molar-refractivity contribution in [1.82, 2.24) is 4.90 Å². The smallest absolute Gasteiger partial charge is 0.368 e. The van der Waals surface area contributed by atoms with Crippen molar-refractivity contribution in [3.63, 3.8) is 0 Å². The van der Waals surface area contributed by atoms with E-state index >= 15 is 0 Å². The highest BCUT2D eigenvalue weighted by Crippen LogP contribution is 2.45. The molecule has 0 bridgehead atoms. The lowest BCUT2D eigenvalue weighted by atomic mass is 9.83. The first kappa shape index (κ1) is 29.3. The second-order valence-electron chi connectivity index (χ2n) is 10.4. The highest BCUT2D eigenvalue weighted by molar-refractivity contribution is 5.98. The van der Waals surface area contributed by atoms with Crippen LogP contribution in [0.3, 0.4) is 0 Å². The minimum atomic E-state index is -5.01. The van der Waals surface area contributed by atoms with Crippen LogP contribution in [0.1, 0.15) is 58.7 Å². The fourth-order valence-electron chi connectivity index (χ4n) is 5.66. The first-order valence-electron chi connectivity index (χ1n) is 13.0. The van der Waals surface area contributed by atoms with E-state index in [2.05, 4.69) is 0 Å². The summed E-state index contributed by atoms with van der Waals surface area (Å²) >= 11 is 0. The van der Waals surface area contributed by atoms with Gasteiger partial charge in [0.2, 0.25) is 5.91 Å². The summed E-state index contributed by atoms with van der Waals surface area (Å²) < 4.78 is 101. The largest absolute Gasteiger partial charge is 0.416 e. The molecule has 1 fully saturated rings. The molecule has 0 aliphatic carbocycles. The van der Waals surface area contributed by atoms with Gasteiger partial charge in [-0.3, -0.25) is 4.79 Å². The van der Waals surface area contributed by atoms with Crippen molar-refractivity contribution >= 4 is 11.5 Å². The molecule has 0 radical (unpaired) electrons. The highest BCUT2D eigenvalue weighted by atomic mass is 19.4. The van der Waals surface area contributed by atoms with Gasteiger partial charge in [-0.1, -0.05) is 24.3 Å². The standard InChI is InChI=1S/C31H23F7N2O2/c1-17(21-10-23(30(33,34)35)14-24(11-21)31(36,37)38)42-27-16-40-26(29(27)20-6-8-25(32)9-7-20)12-22(13-28(40)41)19-4-2-18(15-39)3-5-19/h2-11,13-14,17,26-27,29H,12,16H2,1H3/t17-,26+,27+,29+/m1/s1. The van der Waals surface area contributed by atoms with Gasteiger partial charge in [0, 0.05) is 24.6 Å². The van der Waals surface area contributed by atoms with Gasteiger partial charge in [0.15, 0.2) is 0 Å². The lowest BCUT2D eigenvalue weighted by molar-refractivity contribution is -0.143. The van der Waals surface area contributed by atoms with Crippen molar-refractivity contribution < 1.29 is 40.3 Å². The Balaban J connectivity index is 1.49. The molecule has 1 saturated heterocycles. The number of nitrogens with zero attached hydrogens (tertiary/aromatic N) is 2. The Kier molecular flexibility index (Phi) is 7.62. The van der Waals surface area contributed by atoms with Gasteiger partial charge in [-0.25, -0.2) is 4.39 Å². The van der Waals surface area contributed by atoms with Crippen LogP contribution in [-0.4, -0.2) is 29.5 Å². The van der Waals surface area contributed by atoms with Crippen molar-refractivity contribution in [1.29, 1.82) is 5.26 Å². The van der Waals surface area contributed by atoms with Gasteiger partial charge in [-0.15, -0.1) is 0 Å². The Bertz CT molecular complexity index is 1520. The summed E-state index contributed by atoms with van der Waals surface area (Å²) in [6, 6.07) is 15.1. The van der Waals surface area contributed by atoms with Gasteiger partial charge in [0.05, 0.1) is 35.0 Å². The number of rotatable bonds is 5. The zero-order valence-corrected chi connectivity index (χ0v) is 22.0. The molecule has 4 nitrogen and oxygen atoms in total. The van der Waals surface area contributed by atoms with E-state index in [1.165, 1.54) is 37.3 Å². The Labute approximate surface area is 236 Å². The summed E-state index contributed by atoms with van der Waals surface area (Å²) in [5, 5.41) is 9.10. The molecule has 3 aromatic rings. The third-order valence-electron chi connectivity index (χ3n) is 7.70. The molecule has 11 heteroatoms. The van der Waals surface area contributed by atoms with Gasteiger partial charge in [0.25, 0.3) is 0 Å². The van der Waals surface area contributed by atoms with Crippen molar-refractivity contribution in [2.45, 2.75) is 49.9 Å². The molecular weight excluding hydrogens is 565 g/mol. The SMILES string of the molecule is C[C@@H](O[C@H]1CN2C(=O)C=C(c3ccc(C#N)cc3)C[C@H]2[C@@H]1c1ccc(F)cc1)c1cc(C(F)(F)F)cc(C(F)(F)F)c1. The minimum Gasteiger partial charge on any atom is -0.368 e. The van der Waals surface area contributed by atoms with E-state index in [0.717, 1.165) is 5.56 Å². The molecule has 0 saturated carbocycles. The van der Waals surface area contributed by atoms with Crippen LogP contribution in [0.2, 0.25) is 0 Å². The van der Waals surface area contributed by atoms with Crippen molar-refractivity contribution in [3.8, 4) is 6.07 Å². The van der Waals surface area contributed by atoms with Gasteiger partial charge < -0.3 is 9.64 Å². The topological polar surface area (TPSA) is 53.3 Å². The predicted octanol–water partition coefficient (Wildman–Crippen LogP) is 7.66. The number of alkyl halides is 6. The van der Waals surface area contributed by atoms with Crippen LogP contribution in [0.4, 0.5) is 30.7 Å². The van der Waals surface area contributed by atoms with Crippen molar-refractivity contribution in [3.05, 3.63) is 112 Å². The van der Waals surface area contributed by atoms with Crippen molar-refractivity contribution in [2.24, 2.45) is 0 Å². The molecule has 2 aliphatic heterocycles. The molecular formula is C31H23F7N2O2. The van der Waals surface area contributed by atoms with Crippen LogP contribution >= 0.6 is 0 Å². The lowest BCUT2D eigenvalue weighted by Crippen LogP contribution is -2.39. The minimum absolute atomic E-state index is 0.0259. The zero-order chi connectivity index (χ0) is 30.4. The molecule has 42 heavy (non-hydrogen) atoms. The van der Waals surface area contributed by atoms with E-state index in [1.54, 1.807) is 29.2 Å². The number of hydrogen-bond acceptors (Lipinski definition) is 3. The molecule has 0 unspecified atom stereocenters. The summed E-state index contributed by atoms with van der Waals surface area (Å²) in [5.41, 5.74) is -0.752. The first-order chi connectivity index (χ1) is 19.7. The molecule has 5 rings (SSSR count). The fraction of sp³-hybridized carbons (Fsp3) is 0.290. The summed E-state index contributed by atoms with van der Waals surface area (Å²) in [4.78, 5) is 14.8. The number of hydrogen-bond donors (Lipinski definition) is 0. The van der Waals surface area contributed by atoms with E-state index in [9.17, 15) is 35.5 Å². The summed E-state index contributed by atoms with van der Waals surface area (Å²) in [6.45, 7) is 1.38. The van der Waals surface area contributed by atoms with E-state index in [0.29, 0.717) is 35.3 Å². The Morgan fingerprint density at radius 3 is 2.07 bits per heavy atom. The number of benzene rings is 3. The monoisotopic (exact) mass is 588 g/mol. The van der Waals surface area contributed by atoms with Crippen LogP contribution in [0.15, 0.2) is 72.8 Å². The average Bonchev–Trinajstić information content (AvgIpc) is 3.30. The van der Waals surface area contributed by atoms with Gasteiger partial charge >= 0.3 is 12.4 Å². The molecule has 2 aliphatic rings. The third-order valence-corrected chi connectivity index (χ3v) is 7.70. The van der Waals surface area contributed by atoms with E-state index in [4.69, 9.17) is 10.00 Å². The van der Waals surface area contributed by atoms with E-state index in [1.807, 2.05) is 6.07 Å². The molecule has 1 amide bonds. The highest BCUT2D eigenvalue weighted by Gasteiger charge is 2.48. The third kappa shape index (κ3) is 5.90. The normalized spacial score (nSPS) is 21.5. The number of fused-ring (bicyclic) bond motifs is 1. The maximum Gasteiger partial charge on any atom is 0.416 e. The number of halogens is 7. The fourth-order valence-corrected chi connectivity index (χ4v) is 5.66. The molecule has 3 aromatic carbocycles. The number of carbonyl (C=O) groups is 1. The van der Waals surface area contributed by atoms with E-state index < -0.39 is 53.5 Å². The predicted molar refractivity (Wildman–Crippen MR) is 138 cm³/mol. The van der Waals surface area contributed by atoms with Crippen LogP contribution < -0.4 is 0 Å². The Hall–Kier alpha value is -4.17. The molecule has 0 N–H and O–H groups in total. The van der Waals surface area contributed by atoms with Crippen LogP contribution in [0, 0.1) is 17.1 Å². The van der Waals surface area contributed by atoms with Crippen LogP contribution in [0.25, 0.3) is 5.57 Å². The van der Waals surface area contributed by atoms with Crippen molar-refractivity contribution in [2.75, 3.05) is 6.54 Å². The second kappa shape index (κ2) is 10.9. The molecule has 2 heterocycles. The lowest BCUT2D eigenvalue weighted by Gasteiger charge is -2.33.